The molecule has 0 fully saturated rings. The molecule has 1 amide bonds. The predicted molar refractivity (Wildman–Crippen MR) is 79.8 cm³/mol. The van der Waals surface area contributed by atoms with Crippen molar-refractivity contribution in [3.05, 3.63) is 34.8 Å². The fourth-order valence-corrected chi connectivity index (χ4v) is 2.97. The van der Waals surface area contributed by atoms with Crippen molar-refractivity contribution in [2.24, 2.45) is 5.14 Å². The quantitative estimate of drug-likeness (QED) is 0.903. The Hall–Kier alpha value is -1.84. The number of carbonyl (C=O) groups excluding carboxylic acids is 1. The smallest absolute Gasteiger partial charge is 0.271 e. The Morgan fingerprint density at radius 1 is 1.33 bits per heavy atom. The van der Waals surface area contributed by atoms with Gasteiger partial charge in [0.25, 0.3) is 5.91 Å². The molecule has 0 saturated heterocycles. The molecule has 0 bridgehead atoms. The molecule has 0 aliphatic carbocycles. The van der Waals surface area contributed by atoms with Crippen LogP contribution in [0.5, 0.6) is 0 Å². The van der Waals surface area contributed by atoms with E-state index in [0.29, 0.717) is 22.7 Å². The van der Waals surface area contributed by atoms with Gasteiger partial charge >= 0.3 is 0 Å². The number of benzene rings is 1. The number of hydrogen-bond acceptors (Lipinski definition) is 6. The van der Waals surface area contributed by atoms with Crippen molar-refractivity contribution in [1.29, 1.82) is 0 Å². The molecule has 0 atom stereocenters. The molecule has 2 N–H and O–H groups in total. The largest absolute Gasteiger partial charge is 0.311 e. The molecule has 2 rings (SSSR count). The van der Waals surface area contributed by atoms with E-state index in [1.54, 1.807) is 7.05 Å². The van der Waals surface area contributed by atoms with E-state index in [2.05, 4.69) is 9.59 Å². The van der Waals surface area contributed by atoms with Crippen LogP contribution in [0.15, 0.2) is 29.2 Å². The molecular weight excluding hydrogens is 312 g/mol. The summed E-state index contributed by atoms with van der Waals surface area (Å²) in [5.41, 5.74) is 1.21. The maximum Gasteiger partial charge on any atom is 0.271 e. The number of rotatable bonds is 4. The summed E-state index contributed by atoms with van der Waals surface area (Å²) >= 11 is 1.04. The third-order valence-corrected chi connectivity index (χ3v) is 4.63. The van der Waals surface area contributed by atoms with E-state index < -0.39 is 10.0 Å². The minimum absolute atomic E-state index is 0.000744. The third kappa shape index (κ3) is 3.26. The highest BCUT2D eigenvalue weighted by Gasteiger charge is 2.20. The van der Waals surface area contributed by atoms with Crippen LogP contribution < -0.4 is 10.0 Å². The van der Waals surface area contributed by atoms with Crippen LogP contribution in [-0.2, 0) is 16.4 Å². The molecule has 112 valence electrons. The first-order valence-corrected chi connectivity index (χ1v) is 8.38. The molecule has 0 spiro atoms. The zero-order chi connectivity index (χ0) is 15.6. The van der Waals surface area contributed by atoms with Gasteiger partial charge in [0.2, 0.25) is 10.0 Å². The van der Waals surface area contributed by atoms with Crippen LogP contribution in [0.1, 0.15) is 22.3 Å². The molecule has 0 aliphatic heterocycles. The molecule has 1 aromatic carbocycles. The second-order valence-corrected chi connectivity index (χ2v) is 6.62. The van der Waals surface area contributed by atoms with Gasteiger partial charge in [-0.05, 0) is 42.2 Å². The van der Waals surface area contributed by atoms with Gasteiger partial charge in [0.1, 0.15) is 4.88 Å². The number of hydrogen-bond donors (Lipinski definition) is 1. The van der Waals surface area contributed by atoms with Crippen LogP contribution in [0.25, 0.3) is 0 Å². The highest BCUT2D eigenvalue weighted by molar-refractivity contribution is 7.89. The van der Waals surface area contributed by atoms with Crippen molar-refractivity contribution in [2.75, 3.05) is 11.9 Å². The van der Waals surface area contributed by atoms with Gasteiger partial charge in [0.05, 0.1) is 10.6 Å². The van der Waals surface area contributed by atoms with Gasteiger partial charge in [0, 0.05) is 12.7 Å². The lowest BCUT2D eigenvalue weighted by Crippen LogP contribution is -2.26. The van der Waals surface area contributed by atoms with Crippen LogP contribution in [0, 0.1) is 0 Å². The van der Waals surface area contributed by atoms with E-state index in [1.807, 2.05) is 6.92 Å². The van der Waals surface area contributed by atoms with E-state index in [4.69, 9.17) is 5.14 Å². The SMILES string of the molecule is CCc1nnsc1C(=O)N(C)c1ccc(S(N)(=O)=O)cc1. The van der Waals surface area contributed by atoms with E-state index >= 15 is 0 Å². The normalized spacial score (nSPS) is 11.4. The lowest BCUT2D eigenvalue weighted by Gasteiger charge is -2.16. The standard InChI is InChI=1S/C12H14N4O3S2/c1-3-10-11(20-15-14-10)12(17)16(2)8-4-6-9(7-5-8)21(13,18)19/h4-7H,3H2,1-2H3,(H2,13,18,19). The summed E-state index contributed by atoms with van der Waals surface area (Å²) in [5.74, 6) is -0.231. The van der Waals surface area contributed by atoms with Gasteiger partial charge in [-0.1, -0.05) is 11.4 Å². The fraction of sp³-hybridized carbons (Fsp3) is 0.250. The van der Waals surface area contributed by atoms with Gasteiger partial charge in [-0.3, -0.25) is 4.79 Å². The van der Waals surface area contributed by atoms with Crippen molar-refractivity contribution in [1.82, 2.24) is 9.59 Å². The first-order valence-electron chi connectivity index (χ1n) is 6.06. The molecule has 21 heavy (non-hydrogen) atoms. The fourth-order valence-electron chi connectivity index (χ4n) is 1.73. The molecule has 1 aromatic heterocycles. The summed E-state index contributed by atoms with van der Waals surface area (Å²) < 4.78 is 26.2. The molecule has 9 heteroatoms. The van der Waals surface area contributed by atoms with E-state index in [1.165, 1.54) is 29.2 Å². The number of carbonyl (C=O) groups is 1. The number of aryl methyl sites for hydroxylation is 1. The summed E-state index contributed by atoms with van der Waals surface area (Å²) in [7, 11) is -2.14. The van der Waals surface area contributed by atoms with Crippen molar-refractivity contribution in [3.8, 4) is 0 Å². The predicted octanol–water partition coefficient (Wildman–Crippen LogP) is 1.02. The highest BCUT2D eigenvalue weighted by Crippen LogP contribution is 2.20. The van der Waals surface area contributed by atoms with Gasteiger partial charge in [-0.25, -0.2) is 13.6 Å². The number of primary sulfonamides is 1. The Bertz CT molecular complexity index is 753. The first kappa shape index (κ1) is 15.5. The second kappa shape index (κ2) is 5.88. The molecule has 0 saturated carbocycles. The first-order chi connectivity index (χ1) is 9.84. The number of nitrogens with zero attached hydrogens (tertiary/aromatic N) is 3. The second-order valence-electron chi connectivity index (χ2n) is 4.31. The summed E-state index contributed by atoms with van der Waals surface area (Å²) in [6.07, 6.45) is 0.621. The zero-order valence-electron chi connectivity index (χ0n) is 11.5. The van der Waals surface area contributed by atoms with Crippen molar-refractivity contribution in [3.63, 3.8) is 0 Å². The maximum absolute atomic E-state index is 12.4. The maximum atomic E-state index is 12.4. The lowest BCUT2D eigenvalue weighted by atomic mass is 10.2. The zero-order valence-corrected chi connectivity index (χ0v) is 13.1. The summed E-state index contributed by atoms with van der Waals surface area (Å²) in [5, 5.41) is 8.94. The number of amides is 1. The van der Waals surface area contributed by atoms with Gasteiger partial charge in [-0.15, -0.1) is 5.10 Å². The van der Waals surface area contributed by atoms with E-state index in [9.17, 15) is 13.2 Å². The summed E-state index contributed by atoms with van der Waals surface area (Å²) in [4.78, 5) is 14.3. The van der Waals surface area contributed by atoms with Gasteiger partial charge in [-0.2, -0.15) is 0 Å². The number of nitrogens with two attached hydrogens (primary N) is 1. The molecule has 0 unspecified atom stereocenters. The average molecular weight is 326 g/mol. The Morgan fingerprint density at radius 3 is 2.48 bits per heavy atom. The average Bonchev–Trinajstić information content (AvgIpc) is 2.93. The number of aromatic nitrogens is 2. The molecular formula is C12H14N4O3S2. The van der Waals surface area contributed by atoms with Crippen LogP contribution in [0.4, 0.5) is 5.69 Å². The monoisotopic (exact) mass is 326 g/mol. The molecule has 0 radical (unpaired) electrons. The van der Waals surface area contributed by atoms with Crippen LogP contribution in [0.3, 0.4) is 0 Å². The lowest BCUT2D eigenvalue weighted by molar-refractivity contribution is 0.0996. The van der Waals surface area contributed by atoms with Crippen LogP contribution in [0.2, 0.25) is 0 Å². The Morgan fingerprint density at radius 2 is 1.95 bits per heavy atom. The van der Waals surface area contributed by atoms with Crippen molar-refractivity contribution < 1.29 is 13.2 Å². The van der Waals surface area contributed by atoms with Crippen LogP contribution in [-0.4, -0.2) is 31.0 Å². The minimum atomic E-state index is -3.74. The summed E-state index contributed by atoms with van der Waals surface area (Å²) in [6.45, 7) is 1.90. The molecule has 1 heterocycles. The van der Waals surface area contributed by atoms with Gasteiger partial charge < -0.3 is 4.90 Å². The summed E-state index contributed by atoms with van der Waals surface area (Å²) in [6, 6.07) is 5.77. The number of sulfonamides is 1. The Balaban J connectivity index is 2.28. The number of anilines is 1. The molecule has 2 aromatic rings. The molecule has 0 aliphatic rings. The van der Waals surface area contributed by atoms with Crippen molar-refractivity contribution in [2.45, 2.75) is 18.2 Å². The Labute approximate surface area is 126 Å². The van der Waals surface area contributed by atoms with Gasteiger partial charge in [0.15, 0.2) is 0 Å². The topological polar surface area (TPSA) is 106 Å². The minimum Gasteiger partial charge on any atom is -0.311 e. The van der Waals surface area contributed by atoms with Crippen molar-refractivity contribution >= 4 is 33.2 Å². The molecule has 7 nitrogen and oxygen atoms in total. The van der Waals surface area contributed by atoms with E-state index in [0.717, 1.165) is 11.5 Å². The highest BCUT2D eigenvalue weighted by atomic mass is 32.2. The Kier molecular flexibility index (Phi) is 4.35. The van der Waals surface area contributed by atoms with E-state index in [-0.39, 0.29) is 10.8 Å². The van der Waals surface area contributed by atoms with Crippen LogP contribution >= 0.6 is 11.5 Å². The third-order valence-electron chi connectivity index (χ3n) is 2.94.